The van der Waals surface area contributed by atoms with Crippen LogP contribution in [0, 0.1) is 17.1 Å². The van der Waals surface area contributed by atoms with E-state index in [2.05, 4.69) is 9.97 Å². The highest BCUT2D eigenvalue weighted by Crippen LogP contribution is 2.32. The van der Waals surface area contributed by atoms with Crippen molar-refractivity contribution in [3.8, 4) is 6.07 Å². The lowest BCUT2D eigenvalue weighted by Gasteiger charge is -2.32. The van der Waals surface area contributed by atoms with E-state index < -0.39 is 18.4 Å². The van der Waals surface area contributed by atoms with Gasteiger partial charge in [0.15, 0.2) is 1.41 Å². The van der Waals surface area contributed by atoms with Crippen LogP contribution in [0.5, 0.6) is 0 Å². The number of fused-ring (bicyclic) bond motifs is 1. The number of nitriles is 1. The van der Waals surface area contributed by atoms with Crippen LogP contribution in [0.15, 0.2) is 30.6 Å². The Morgan fingerprint density at radius 1 is 1.52 bits per heavy atom. The number of nitrogens with one attached hydrogen (secondary N) is 1. The Balaban J connectivity index is 1.52. The maximum atomic E-state index is 13.9. The number of hydrogen-bond acceptors (Lipinski definition) is 6. The number of hydrogen-bond donors (Lipinski definition) is 1. The van der Waals surface area contributed by atoms with Crippen LogP contribution >= 0.6 is 22.9 Å². The van der Waals surface area contributed by atoms with E-state index in [0.29, 0.717) is 28.9 Å². The monoisotopic (exact) mass is 405 g/mol. The average molecular weight is 406 g/mol. The van der Waals surface area contributed by atoms with Crippen LogP contribution in [0.2, 0.25) is 5.75 Å². The molecule has 1 aromatic carbocycles. The summed E-state index contributed by atoms with van der Waals surface area (Å²) in [5.41, 5.74) is 0.365. The van der Waals surface area contributed by atoms with Gasteiger partial charge in [-0.15, -0.1) is 11.3 Å². The van der Waals surface area contributed by atoms with Gasteiger partial charge in [-0.3, -0.25) is 4.90 Å². The number of likely N-dealkylation sites (tertiary alicyclic amines) is 1. The molecule has 2 aromatic heterocycles. The summed E-state index contributed by atoms with van der Waals surface area (Å²) >= 11 is 7.19. The van der Waals surface area contributed by atoms with Crippen LogP contribution in [0.3, 0.4) is 0 Å². The van der Waals surface area contributed by atoms with Gasteiger partial charge >= 0.3 is 0 Å². The Morgan fingerprint density at radius 2 is 2.33 bits per heavy atom. The van der Waals surface area contributed by atoms with Gasteiger partial charge in [0, 0.05) is 27.0 Å². The molecule has 0 spiro atoms. The van der Waals surface area contributed by atoms with E-state index in [-0.39, 0.29) is 34.6 Å². The first-order chi connectivity index (χ1) is 14.7. The van der Waals surface area contributed by atoms with Crippen molar-refractivity contribution in [2.75, 3.05) is 18.4 Å². The van der Waals surface area contributed by atoms with Gasteiger partial charge in [-0.1, -0.05) is 17.7 Å². The first-order valence-corrected chi connectivity index (χ1v) is 9.49. The Bertz CT molecular complexity index is 1180. The summed E-state index contributed by atoms with van der Waals surface area (Å²) in [6.45, 7) is -0.144. The van der Waals surface area contributed by atoms with E-state index >= 15 is 0 Å². The second kappa shape index (κ2) is 7.77. The average Bonchev–Trinajstić information content (AvgIpc) is 3.07. The molecule has 1 aliphatic rings. The molecule has 1 N–H and O–H groups in total. The topological polar surface area (TPSA) is 64.8 Å². The normalized spacial score (nSPS) is 20.2. The van der Waals surface area contributed by atoms with Gasteiger partial charge in [0.25, 0.3) is 0 Å². The SMILES string of the molecule is [2H]c1c(Cl)sc2ncnc(N([2H])C3([2H])CCN(C([2H])c4ccc(C#N)c(F)c4)CC3)c12. The zero-order valence-corrected chi connectivity index (χ0v) is 15.7. The molecule has 0 bridgehead atoms. The second-order valence-electron chi connectivity index (χ2n) is 6.07. The summed E-state index contributed by atoms with van der Waals surface area (Å²) in [4.78, 5) is 10.5. The molecule has 3 aromatic rings. The molecule has 0 amide bonds. The van der Waals surface area contributed by atoms with E-state index in [1.54, 1.807) is 17.0 Å². The van der Waals surface area contributed by atoms with Gasteiger partial charge in [0.2, 0.25) is 0 Å². The summed E-state index contributed by atoms with van der Waals surface area (Å²) in [7, 11) is 0. The van der Waals surface area contributed by atoms with Crippen molar-refractivity contribution >= 4 is 39.0 Å². The fourth-order valence-corrected chi connectivity index (χ4v) is 3.91. The maximum absolute atomic E-state index is 13.9. The largest absolute Gasteiger partial charge is 0.367 e. The van der Waals surface area contributed by atoms with Crippen molar-refractivity contribution in [1.82, 2.24) is 14.9 Å². The minimum atomic E-state index is -1.31. The molecule has 1 unspecified atom stereocenters. The van der Waals surface area contributed by atoms with E-state index in [1.165, 1.54) is 18.5 Å². The summed E-state index contributed by atoms with van der Waals surface area (Å²) in [5, 5.41) is 10.2. The zero-order chi connectivity index (χ0) is 22.3. The lowest BCUT2D eigenvalue weighted by molar-refractivity contribution is 0.211. The van der Waals surface area contributed by atoms with E-state index in [4.69, 9.17) is 22.4 Å². The summed E-state index contributed by atoms with van der Waals surface area (Å²) in [6, 6.07) is 4.62. The van der Waals surface area contributed by atoms with Crippen LogP contribution in [-0.2, 0) is 6.52 Å². The molecule has 1 fully saturated rings. The highest BCUT2D eigenvalue weighted by Gasteiger charge is 2.21. The first kappa shape index (κ1) is 13.8. The van der Waals surface area contributed by atoms with Gasteiger partial charge < -0.3 is 5.31 Å². The summed E-state index contributed by atoms with van der Waals surface area (Å²) in [6.07, 6.45) is 1.80. The van der Waals surface area contributed by atoms with E-state index in [0.717, 1.165) is 16.6 Å². The van der Waals surface area contributed by atoms with Crippen molar-refractivity contribution in [3.05, 3.63) is 51.8 Å². The fourth-order valence-electron chi connectivity index (χ4n) is 2.93. The van der Waals surface area contributed by atoms with Gasteiger partial charge in [-0.25, -0.2) is 14.4 Å². The number of anilines is 1. The Labute approximate surface area is 171 Å². The molecule has 0 aliphatic carbocycles. The third-order valence-electron chi connectivity index (χ3n) is 4.29. The van der Waals surface area contributed by atoms with E-state index in [1.807, 2.05) is 0 Å². The Morgan fingerprint density at radius 3 is 3.07 bits per heavy atom. The molecule has 0 radical (unpaired) electrons. The van der Waals surface area contributed by atoms with Gasteiger partial charge in [0.05, 0.1) is 18.0 Å². The lowest BCUT2D eigenvalue weighted by Crippen LogP contribution is -2.38. The van der Waals surface area contributed by atoms with Crippen LogP contribution in [-0.4, -0.2) is 34.0 Å². The fraction of sp³-hybridized carbons (Fsp3) is 0.316. The molecule has 5 nitrogen and oxygen atoms in total. The predicted octanol–water partition coefficient (Wildman–Crippen LogP) is 4.43. The molecular formula is C19H17ClFN5S. The molecule has 0 saturated carbocycles. The number of piperidine rings is 1. The number of aromatic nitrogens is 2. The van der Waals surface area contributed by atoms with Crippen LogP contribution in [0.25, 0.3) is 10.2 Å². The number of nitrogens with zero attached hydrogens (tertiary/aromatic N) is 4. The molecule has 3 heterocycles. The molecule has 138 valence electrons. The Kier molecular flexibility index (Phi) is 3.98. The number of benzene rings is 1. The summed E-state index contributed by atoms with van der Waals surface area (Å²) < 4.78 is 48.2. The summed E-state index contributed by atoms with van der Waals surface area (Å²) in [5.74, 6) is -0.493. The van der Waals surface area contributed by atoms with Crippen molar-refractivity contribution in [3.63, 3.8) is 0 Å². The van der Waals surface area contributed by atoms with Crippen LogP contribution < -0.4 is 5.31 Å². The smallest absolute Gasteiger partial charge is 0.162 e. The quantitative estimate of drug-likeness (QED) is 0.695. The molecule has 1 atom stereocenters. The predicted molar refractivity (Wildman–Crippen MR) is 105 cm³/mol. The maximum Gasteiger partial charge on any atom is 0.162 e. The third kappa shape index (κ3) is 4.03. The zero-order valence-electron chi connectivity index (χ0n) is 18.1. The van der Waals surface area contributed by atoms with Gasteiger partial charge in [0.1, 0.15) is 28.9 Å². The minimum Gasteiger partial charge on any atom is -0.367 e. The number of rotatable bonds is 4. The molecule has 1 saturated heterocycles. The molecular weight excluding hydrogens is 385 g/mol. The Hall–Kier alpha value is -2.27. The lowest BCUT2D eigenvalue weighted by atomic mass is 10.0. The number of thiophene rings is 1. The van der Waals surface area contributed by atoms with Crippen molar-refractivity contribution in [2.45, 2.75) is 25.4 Å². The third-order valence-corrected chi connectivity index (χ3v) is 5.40. The van der Waals surface area contributed by atoms with Crippen molar-refractivity contribution in [1.29, 1.82) is 5.26 Å². The first-order valence-electron chi connectivity index (χ1n) is 10.3. The second-order valence-corrected chi connectivity index (χ2v) is 7.67. The molecule has 27 heavy (non-hydrogen) atoms. The standard InChI is InChI=1S/C19H17ClFN5S/c20-17-8-15-18(23-11-24-19(15)27-17)25-14-3-5-26(6-4-14)10-12-1-2-13(9-22)16(21)7-12/h1-2,7-8,11,14H,3-6,10H2,(H,23,24,25)/i8D,10D,14D/hD. The molecule has 4 rings (SSSR count). The van der Waals surface area contributed by atoms with Crippen molar-refractivity contribution in [2.24, 2.45) is 0 Å². The minimum absolute atomic E-state index is 0.0459. The highest BCUT2D eigenvalue weighted by atomic mass is 35.5. The van der Waals surface area contributed by atoms with Crippen LogP contribution in [0.1, 0.15) is 28.1 Å². The highest BCUT2D eigenvalue weighted by molar-refractivity contribution is 7.22. The van der Waals surface area contributed by atoms with E-state index in [9.17, 15) is 4.39 Å². The van der Waals surface area contributed by atoms with Gasteiger partial charge in [-0.05, 0) is 36.6 Å². The van der Waals surface area contributed by atoms with Crippen LogP contribution in [0.4, 0.5) is 10.2 Å². The van der Waals surface area contributed by atoms with Gasteiger partial charge in [-0.2, -0.15) is 5.26 Å². The number of halogens is 2. The molecule has 8 heteroatoms. The van der Waals surface area contributed by atoms with Crippen molar-refractivity contribution < 1.29 is 9.91 Å². The molecule has 1 aliphatic heterocycles.